The summed E-state index contributed by atoms with van der Waals surface area (Å²) < 4.78 is 10.4. The smallest absolute Gasteiger partial charge is 0.407 e. The van der Waals surface area contributed by atoms with Crippen LogP contribution in [0.25, 0.3) is 11.1 Å². The highest BCUT2D eigenvalue weighted by Crippen LogP contribution is 2.44. The first-order valence-corrected chi connectivity index (χ1v) is 10.8. The van der Waals surface area contributed by atoms with Gasteiger partial charge in [0.2, 0.25) is 0 Å². The van der Waals surface area contributed by atoms with Crippen LogP contribution in [0.4, 0.5) is 10.5 Å². The predicted octanol–water partition coefficient (Wildman–Crippen LogP) is 3.87. The van der Waals surface area contributed by atoms with Gasteiger partial charge in [-0.1, -0.05) is 54.5 Å². The van der Waals surface area contributed by atoms with E-state index in [2.05, 4.69) is 34.6 Å². The number of carbonyl (C=O) groups excluding carboxylic acids is 2. The number of alkyl carbamates (subject to hydrolysis) is 1. The summed E-state index contributed by atoms with van der Waals surface area (Å²) in [6.07, 6.45) is -0.648. The van der Waals surface area contributed by atoms with Crippen molar-refractivity contribution in [1.82, 2.24) is 5.32 Å². The molecular formula is C27H22N2O6. The number of hydrogen-bond acceptors (Lipinski definition) is 5. The van der Waals surface area contributed by atoms with E-state index in [0.717, 1.165) is 22.3 Å². The molecule has 8 heteroatoms. The Hall–Kier alpha value is -4.77. The summed E-state index contributed by atoms with van der Waals surface area (Å²) >= 11 is 0. The molecule has 2 amide bonds. The Bertz CT molecular complexity index is 1310. The summed E-state index contributed by atoms with van der Waals surface area (Å²) in [5, 5.41) is 14.2. The van der Waals surface area contributed by atoms with Gasteiger partial charge in [-0.15, -0.1) is 0 Å². The lowest BCUT2D eigenvalue weighted by Crippen LogP contribution is -2.26. The number of methoxy groups -OCH3 is 1. The van der Waals surface area contributed by atoms with E-state index in [1.807, 2.05) is 36.4 Å². The average Bonchev–Trinajstić information content (AvgIpc) is 3.19. The van der Waals surface area contributed by atoms with Gasteiger partial charge in [0.25, 0.3) is 5.91 Å². The molecule has 0 radical (unpaired) electrons. The highest BCUT2D eigenvalue weighted by molar-refractivity contribution is 6.07. The van der Waals surface area contributed by atoms with Gasteiger partial charge in [-0.3, -0.25) is 4.79 Å². The number of rotatable bonds is 6. The number of carbonyl (C=O) groups is 3. The lowest BCUT2D eigenvalue weighted by atomic mass is 9.98. The monoisotopic (exact) mass is 470 g/mol. The van der Waals surface area contributed by atoms with Crippen LogP contribution in [0.5, 0.6) is 5.75 Å². The molecule has 8 nitrogen and oxygen atoms in total. The van der Waals surface area contributed by atoms with Crippen molar-refractivity contribution in [3.05, 3.63) is 83.4 Å². The van der Waals surface area contributed by atoms with Crippen LogP contribution in [-0.2, 0) is 9.53 Å². The minimum absolute atomic E-state index is 0.0575. The number of aromatic carboxylic acids is 1. The molecule has 0 fully saturated rings. The van der Waals surface area contributed by atoms with Crippen LogP contribution in [0.1, 0.15) is 27.4 Å². The van der Waals surface area contributed by atoms with Gasteiger partial charge in [0.1, 0.15) is 12.4 Å². The van der Waals surface area contributed by atoms with Crippen molar-refractivity contribution in [2.45, 2.75) is 5.92 Å². The Morgan fingerprint density at radius 2 is 1.63 bits per heavy atom. The molecule has 1 aliphatic rings. The minimum Gasteiger partial charge on any atom is -0.497 e. The highest BCUT2D eigenvalue weighted by atomic mass is 16.5. The maximum atomic E-state index is 12.2. The summed E-state index contributed by atoms with van der Waals surface area (Å²) in [4.78, 5) is 35.6. The zero-order valence-electron chi connectivity index (χ0n) is 18.8. The van der Waals surface area contributed by atoms with Crippen LogP contribution in [0.15, 0.2) is 66.7 Å². The number of ether oxygens (including phenoxy) is 2. The first kappa shape index (κ1) is 23.4. The van der Waals surface area contributed by atoms with Crippen molar-refractivity contribution < 1.29 is 29.0 Å². The summed E-state index contributed by atoms with van der Waals surface area (Å²) in [5.41, 5.74) is 4.45. The Balaban J connectivity index is 1.29. The molecule has 0 saturated heterocycles. The van der Waals surface area contributed by atoms with E-state index in [9.17, 15) is 19.5 Å². The molecule has 4 rings (SSSR count). The quantitative estimate of drug-likeness (QED) is 0.471. The van der Waals surface area contributed by atoms with E-state index in [1.54, 1.807) is 0 Å². The van der Waals surface area contributed by atoms with E-state index < -0.39 is 18.0 Å². The van der Waals surface area contributed by atoms with Crippen LogP contribution in [0, 0.1) is 11.8 Å². The van der Waals surface area contributed by atoms with E-state index in [-0.39, 0.29) is 30.3 Å². The fraction of sp³-hybridized carbons (Fsp3) is 0.148. The van der Waals surface area contributed by atoms with Crippen molar-refractivity contribution in [3.8, 4) is 28.7 Å². The number of anilines is 1. The van der Waals surface area contributed by atoms with Gasteiger partial charge in [-0.2, -0.15) is 0 Å². The minimum atomic E-state index is -1.22. The fourth-order valence-corrected chi connectivity index (χ4v) is 3.98. The molecule has 176 valence electrons. The van der Waals surface area contributed by atoms with E-state index in [1.165, 1.54) is 25.3 Å². The normalized spacial score (nSPS) is 11.3. The molecule has 0 aliphatic heterocycles. The molecule has 0 atom stereocenters. The van der Waals surface area contributed by atoms with Crippen molar-refractivity contribution in [3.63, 3.8) is 0 Å². The number of hydrogen-bond donors (Lipinski definition) is 3. The Kier molecular flexibility index (Phi) is 6.98. The molecule has 0 aromatic heterocycles. The third-order valence-electron chi connectivity index (χ3n) is 5.57. The van der Waals surface area contributed by atoms with Crippen molar-refractivity contribution in [2.75, 3.05) is 25.6 Å². The molecule has 0 spiro atoms. The number of carboxylic acid groups (broad SMARTS) is 1. The topological polar surface area (TPSA) is 114 Å². The highest BCUT2D eigenvalue weighted by Gasteiger charge is 2.28. The molecule has 3 aromatic rings. The van der Waals surface area contributed by atoms with Crippen LogP contribution >= 0.6 is 0 Å². The largest absolute Gasteiger partial charge is 0.497 e. The van der Waals surface area contributed by atoms with Crippen molar-refractivity contribution in [1.29, 1.82) is 0 Å². The molecule has 0 bridgehead atoms. The second-order valence-electron chi connectivity index (χ2n) is 7.65. The molecule has 0 saturated carbocycles. The Morgan fingerprint density at radius 1 is 0.971 bits per heavy atom. The Morgan fingerprint density at radius 3 is 2.26 bits per heavy atom. The molecule has 3 N–H and O–H groups in total. The molecule has 0 unspecified atom stereocenters. The van der Waals surface area contributed by atoms with Gasteiger partial charge in [0.05, 0.1) is 24.9 Å². The van der Waals surface area contributed by atoms with E-state index in [4.69, 9.17) is 9.47 Å². The third-order valence-corrected chi connectivity index (χ3v) is 5.57. The lowest BCUT2D eigenvalue weighted by molar-refractivity contribution is -0.111. The maximum absolute atomic E-state index is 12.2. The van der Waals surface area contributed by atoms with Crippen LogP contribution < -0.4 is 15.4 Å². The van der Waals surface area contributed by atoms with E-state index >= 15 is 0 Å². The van der Waals surface area contributed by atoms with Gasteiger partial charge in [0, 0.05) is 5.92 Å². The second kappa shape index (κ2) is 10.4. The number of amides is 2. The van der Waals surface area contributed by atoms with Crippen molar-refractivity contribution in [2.24, 2.45) is 0 Å². The van der Waals surface area contributed by atoms with Gasteiger partial charge in [-0.05, 0) is 46.4 Å². The molecule has 1 aliphatic carbocycles. The average molecular weight is 470 g/mol. The zero-order chi connectivity index (χ0) is 24.8. The zero-order valence-corrected chi connectivity index (χ0v) is 18.8. The summed E-state index contributed by atoms with van der Waals surface area (Å²) in [6, 6.07) is 20.3. The summed E-state index contributed by atoms with van der Waals surface area (Å²) in [5.74, 6) is 3.19. The van der Waals surface area contributed by atoms with Gasteiger partial charge < -0.3 is 25.2 Å². The summed E-state index contributed by atoms with van der Waals surface area (Å²) in [6.45, 7) is 0.0572. The van der Waals surface area contributed by atoms with Crippen LogP contribution in [0.2, 0.25) is 0 Å². The number of nitrogens with one attached hydrogen (secondary N) is 2. The maximum Gasteiger partial charge on any atom is 0.407 e. The number of carboxylic acids is 1. The first-order chi connectivity index (χ1) is 17.0. The van der Waals surface area contributed by atoms with Gasteiger partial charge in [0.15, 0.2) is 0 Å². The lowest BCUT2D eigenvalue weighted by Gasteiger charge is -2.14. The number of benzene rings is 3. The van der Waals surface area contributed by atoms with Crippen LogP contribution in [0.3, 0.4) is 0 Å². The van der Waals surface area contributed by atoms with Gasteiger partial charge in [-0.25, -0.2) is 9.59 Å². The Labute approximate surface area is 201 Å². The second-order valence-corrected chi connectivity index (χ2v) is 7.65. The molecule has 3 aromatic carbocycles. The van der Waals surface area contributed by atoms with Gasteiger partial charge >= 0.3 is 12.1 Å². The standard InChI is InChI=1S/C27H22N2O6/c1-34-17-12-13-24(22(15-17)26(31)32)29-25(30)11-6-14-28-27(33)35-16-23-20-9-4-2-7-18(20)19-8-3-5-10-21(19)23/h2-5,7-10,12-13,15,23H,14,16H2,1H3,(H,28,33)(H,29,30)(H,31,32). The SMILES string of the molecule is COc1ccc(NC(=O)C#CCNC(=O)OCC2c3ccccc3-c3ccccc32)c(C(=O)O)c1. The molecule has 35 heavy (non-hydrogen) atoms. The molecular weight excluding hydrogens is 448 g/mol. The number of fused-ring (bicyclic) bond motifs is 3. The summed E-state index contributed by atoms with van der Waals surface area (Å²) in [7, 11) is 1.41. The fourth-order valence-electron chi connectivity index (χ4n) is 3.98. The first-order valence-electron chi connectivity index (χ1n) is 10.8. The van der Waals surface area contributed by atoms with E-state index in [0.29, 0.717) is 5.75 Å². The van der Waals surface area contributed by atoms with Crippen LogP contribution in [-0.4, -0.2) is 43.3 Å². The molecule has 0 heterocycles. The third kappa shape index (κ3) is 5.25. The predicted molar refractivity (Wildman–Crippen MR) is 129 cm³/mol. The van der Waals surface area contributed by atoms with Crippen molar-refractivity contribution >= 4 is 23.7 Å².